The van der Waals surface area contributed by atoms with Crippen molar-refractivity contribution in [1.29, 1.82) is 0 Å². The molecule has 0 atom stereocenters. The normalized spacial score (nSPS) is 15.4. The van der Waals surface area contributed by atoms with E-state index in [4.69, 9.17) is 11.6 Å². The van der Waals surface area contributed by atoms with E-state index in [9.17, 15) is 13.2 Å². The molecular formula is C16H15ClF3N3O. The topological polar surface area (TPSA) is 38.2 Å². The lowest BCUT2D eigenvalue weighted by molar-refractivity contribution is -0.274. The Hall–Kier alpha value is -2.02. The Kier molecular flexibility index (Phi) is 4.80. The van der Waals surface area contributed by atoms with Crippen LogP contribution in [0.2, 0.25) is 5.02 Å². The van der Waals surface area contributed by atoms with Crippen LogP contribution in [0, 0.1) is 0 Å². The van der Waals surface area contributed by atoms with Crippen molar-refractivity contribution in [2.75, 3.05) is 18.0 Å². The maximum atomic E-state index is 12.3. The molecule has 1 aliphatic heterocycles. The van der Waals surface area contributed by atoms with Crippen molar-refractivity contribution in [2.45, 2.75) is 25.6 Å². The third-order valence-corrected chi connectivity index (χ3v) is 4.08. The first kappa shape index (κ1) is 16.8. The molecule has 8 heteroatoms. The standard InChI is InChI=1S/C16H15ClF3N3O/c17-12-8-11(4-5-14(12)24-16(18,19)20)13-9-15(22-10-21-13)23-6-2-1-3-7-23/h4-5,8-10H,1-3,6-7H2. The van der Waals surface area contributed by atoms with Crippen LogP contribution in [0.3, 0.4) is 0 Å². The van der Waals surface area contributed by atoms with E-state index in [0.29, 0.717) is 11.3 Å². The number of rotatable bonds is 3. The molecule has 0 bridgehead atoms. The van der Waals surface area contributed by atoms with Gasteiger partial charge < -0.3 is 9.64 Å². The smallest absolute Gasteiger partial charge is 0.404 e. The van der Waals surface area contributed by atoms with Gasteiger partial charge in [0.25, 0.3) is 0 Å². The number of halogens is 4. The van der Waals surface area contributed by atoms with Crippen LogP contribution >= 0.6 is 11.6 Å². The number of ether oxygens (including phenoxy) is 1. The maximum absolute atomic E-state index is 12.3. The molecule has 0 spiro atoms. The van der Waals surface area contributed by atoms with Crippen LogP contribution in [-0.4, -0.2) is 29.4 Å². The van der Waals surface area contributed by atoms with E-state index in [1.807, 2.05) is 6.07 Å². The molecule has 0 N–H and O–H groups in total. The zero-order chi connectivity index (χ0) is 17.2. The number of hydrogen-bond acceptors (Lipinski definition) is 4. The number of hydrogen-bond donors (Lipinski definition) is 0. The van der Waals surface area contributed by atoms with Gasteiger partial charge in [0.05, 0.1) is 10.7 Å². The fourth-order valence-corrected chi connectivity index (χ4v) is 2.89. The van der Waals surface area contributed by atoms with Crippen LogP contribution in [0.4, 0.5) is 19.0 Å². The molecule has 0 aliphatic carbocycles. The van der Waals surface area contributed by atoms with Gasteiger partial charge in [0.15, 0.2) is 0 Å². The van der Waals surface area contributed by atoms with Crippen molar-refractivity contribution in [3.05, 3.63) is 35.6 Å². The van der Waals surface area contributed by atoms with E-state index >= 15 is 0 Å². The SMILES string of the molecule is FC(F)(F)Oc1ccc(-c2cc(N3CCCCC3)ncn2)cc1Cl. The predicted octanol–water partition coefficient (Wildman–Crippen LogP) is 4.69. The summed E-state index contributed by atoms with van der Waals surface area (Å²) in [6.45, 7) is 1.88. The average Bonchev–Trinajstić information content (AvgIpc) is 2.56. The predicted molar refractivity (Wildman–Crippen MR) is 85.2 cm³/mol. The van der Waals surface area contributed by atoms with Gasteiger partial charge in [-0.05, 0) is 37.5 Å². The monoisotopic (exact) mass is 357 g/mol. The maximum Gasteiger partial charge on any atom is 0.573 e. The first-order valence-electron chi connectivity index (χ1n) is 7.55. The highest BCUT2D eigenvalue weighted by atomic mass is 35.5. The van der Waals surface area contributed by atoms with Gasteiger partial charge in [-0.15, -0.1) is 13.2 Å². The second kappa shape index (κ2) is 6.84. The Bertz CT molecular complexity index is 718. The molecule has 3 rings (SSSR count). The quantitative estimate of drug-likeness (QED) is 0.799. The van der Waals surface area contributed by atoms with Gasteiger partial charge in [0.1, 0.15) is 17.9 Å². The van der Waals surface area contributed by atoms with Crippen LogP contribution in [-0.2, 0) is 0 Å². The van der Waals surface area contributed by atoms with Gasteiger partial charge in [-0.2, -0.15) is 0 Å². The summed E-state index contributed by atoms with van der Waals surface area (Å²) >= 11 is 5.90. The van der Waals surface area contributed by atoms with Crippen molar-refractivity contribution in [1.82, 2.24) is 9.97 Å². The summed E-state index contributed by atoms with van der Waals surface area (Å²) < 4.78 is 40.8. The Labute approximate surface area is 142 Å². The molecule has 0 radical (unpaired) electrons. The number of alkyl halides is 3. The van der Waals surface area contributed by atoms with E-state index in [2.05, 4.69) is 19.6 Å². The van der Waals surface area contributed by atoms with Gasteiger partial charge in [0, 0.05) is 24.7 Å². The van der Waals surface area contributed by atoms with Crippen molar-refractivity contribution in [3.63, 3.8) is 0 Å². The lowest BCUT2D eigenvalue weighted by Gasteiger charge is -2.27. The Morgan fingerprint density at radius 1 is 1.04 bits per heavy atom. The number of benzene rings is 1. The lowest BCUT2D eigenvalue weighted by Crippen LogP contribution is -2.30. The van der Waals surface area contributed by atoms with E-state index in [0.717, 1.165) is 31.7 Å². The Morgan fingerprint density at radius 3 is 2.46 bits per heavy atom. The fraction of sp³-hybridized carbons (Fsp3) is 0.375. The molecule has 1 saturated heterocycles. The molecule has 2 aromatic rings. The molecule has 128 valence electrons. The number of piperidine rings is 1. The van der Waals surface area contributed by atoms with E-state index in [1.165, 1.54) is 30.9 Å². The van der Waals surface area contributed by atoms with Gasteiger partial charge in [-0.1, -0.05) is 11.6 Å². The highest BCUT2D eigenvalue weighted by Crippen LogP contribution is 2.33. The molecule has 4 nitrogen and oxygen atoms in total. The highest BCUT2D eigenvalue weighted by Gasteiger charge is 2.32. The minimum absolute atomic E-state index is 0.122. The lowest BCUT2D eigenvalue weighted by atomic mass is 10.1. The molecule has 1 aliphatic rings. The summed E-state index contributed by atoms with van der Waals surface area (Å²) in [5.41, 5.74) is 1.21. The summed E-state index contributed by atoms with van der Waals surface area (Å²) in [5, 5.41) is -0.122. The highest BCUT2D eigenvalue weighted by molar-refractivity contribution is 6.32. The molecule has 0 unspecified atom stereocenters. The largest absolute Gasteiger partial charge is 0.573 e. The molecular weight excluding hydrogens is 343 g/mol. The van der Waals surface area contributed by atoms with E-state index < -0.39 is 12.1 Å². The van der Waals surface area contributed by atoms with Crippen molar-refractivity contribution in [3.8, 4) is 17.0 Å². The van der Waals surface area contributed by atoms with E-state index in [1.54, 1.807) is 0 Å². The second-order valence-corrected chi connectivity index (χ2v) is 5.91. The van der Waals surface area contributed by atoms with Gasteiger partial charge in [-0.3, -0.25) is 0 Å². The van der Waals surface area contributed by atoms with Crippen LogP contribution in [0.25, 0.3) is 11.3 Å². The minimum atomic E-state index is -4.78. The summed E-state index contributed by atoms with van der Waals surface area (Å²) in [6.07, 6.45) is 0.128. The molecule has 24 heavy (non-hydrogen) atoms. The van der Waals surface area contributed by atoms with Gasteiger partial charge in [0.2, 0.25) is 0 Å². The first-order valence-corrected chi connectivity index (χ1v) is 7.93. The zero-order valence-corrected chi connectivity index (χ0v) is 13.4. The van der Waals surface area contributed by atoms with Crippen LogP contribution in [0.1, 0.15) is 19.3 Å². The molecule has 1 aromatic carbocycles. The summed E-state index contributed by atoms with van der Waals surface area (Å²) in [6, 6.07) is 5.91. The van der Waals surface area contributed by atoms with Gasteiger partial charge >= 0.3 is 6.36 Å². The summed E-state index contributed by atoms with van der Waals surface area (Å²) in [5.74, 6) is 0.379. The Morgan fingerprint density at radius 2 is 1.79 bits per heavy atom. The first-order chi connectivity index (χ1) is 11.4. The van der Waals surface area contributed by atoms with Crippen molar-refractivity contribution in [2.24, 2.45) is 0 Å². The van der Waals surface area contributed by atoms with E-state index in [-0.39, 0.29) is 5.02 Å². The Balaban J connectivity index is 1.85. The van der Waals surface area contributed by atoms with Crippen molar-refractivity contribution < 1.29 is 17.9 Å². The number of nitrogens with zero attached hydrogens (tertiary/aromatic N) is 3. The molecule has 2 heterocycles. The minimum Gasteiger partial charge on any atom is -0.404 e. The molecule has 0 saturated carbocycles. The van der Waals surface area contributed by atoms with Crippen LogP contribution in [0.5, 0.6) is 5.75 Å². The molecule has 0 amide bonds. The zero-order valence-electron chi connectivity index (χ0n) is 12.7. The summed E-state index contributed by atoms with van der Waals surface area (Å²) in [7, 11) is 0. The molecule has 1 aromatic heterocycles. The third-order valence-electron chi connectivity index (χ3n) is 3.79. The number of aromatic nitrogens is 2. The van der Waals surface area contributed by atoms with Crippen molar-refractivity contribution >= 4 is 17.4 Å². The third kappa shape index (κ3) is 4.08. The van der Waals surface area contributed by atoms with Gasteiger partial charge in [-0.25, -0.2) is 9.97 Å². The molecule has 1 fully saturated rings. The van der Waals surface area contributed by atoms with Crippen LogP contribution < -0.4 is 9.64 Å². The second-order valence-electron chi connectivity index (χ2n) is 5.50. The fourth-order valence-electron chi connectivity index (χ4n) is 2.67. The van der Waals surface area contributed by atoms with Crippen LogP contribution in [0.15, 0.2) is 30.6 Å². The number of anilines is 1. The average molecular weight is 358 g/mol. The summed E-state index contributed by atoms with van der Waals surface area (Å²) in [4.78, 5) is 10.7.